The Hall–Kier alpha value is -0.140. The molecule has 0 fully saturated rings. The average molecular weight is 230 g/mol. The summed E-state index contributed by atoms with van der Waals surface area (Å²) in [6, 6.07) is 0. The Kier molecular flexibility index (Phi) is 14.0. The van der Waals surface area contributed by atoms with Crippen LogP contribution in [0, 0.1) is 5.92 Å². The number of hydrogen-bond acceptors (Lipinski definition) is 4. The molecule has 2 atom stereocenters. The number of carbonyl (C=O) groups excluding carboxylic acids is 1. The van der Waals surface area contributed by atoms with Crippen molar-refractivity contribution in [2.24, 2.45) is 5.92 Å². The standard InChI is InChI=1S/C8H14O5.Na.H2O/c1-2-3-4-5(7(10)11)6(9)8(12)13;;/h5-6,9H,2-4H2,1H3,(H,10,11)(H,12,13);;1H2/q;+1;/p-1. The van der Waals surface area contributed by atoms with Crippen LogP contribution in [0.15, 0.2) is 0 Å². The van der Waals surface area contributed by atoms with Gasteiger partial charge in [0.1, 0.15) is 0 Å². The Morgan fingerprint density at radius 1 is 1.40 bits per heavy atom. The molecule has 0 aliphatic rings. The summed E-state index contributed by atoms with van der Waals surface area (Å²) in [5.41, 5.74) is 0. The molecule has 0 amide bonds. The van der Waals surface area contributed by atoms with E-state index in [1.807, 2.05) is 6.92 Å². The van der Waals surface area contributed by atoms with Crippen molar-refractivity contribution < 1.29 is 59.9 Å². The third-order valence-electron chi connectivity index (χ3n) is 1.81. The van der Waals surface area contributed by atoms with E-state index < -0.39 is 24.0 Å². The molecule has 0 aromatic rings. The van der Waals surface area contributed by atoms with Gasteiger partial charge in [-0.05, 0) is 6.42 Å². The molecule has 0 bridgehead atoms. The van der Waals surface area contributed by atoms with Crippen LogP contribution in [-0.2, 0) is 9.59 Å². The summed E-state index contributed by atoms with van der Waals surface area (Å²) >= 11 is 0. The van der Waals surface area contributed by atoms with E-state index in [1.165, 1.54) is 0 Å². The molecule has 0 rings (SSSR count). The normalized spacial score (nSPS) is 12.9. The third-order valence-corrected chi connectivity index (χ3v) is 1.81. The van der Waals surface area contributed by atoms with Crippen molar-refractivity contribution >= 4 is 11.9 Å². The van der Waals surface area contributed by atoms with Crippen LogP contribution < -0.4 is 34.7 Å². The van der Waals surface area contributed by atoms with Gasteiger partial charge in [0.05, 0.1) is 0 Å². The van der Waals surface area contributed by atoms with Gasteiger partial charge in [0.2, 0.25) is 0 Å². The summed E-state index contributed by atoms with van der Waals surface area (Å²) < 4.78 is 0. The van der Waals surface area contributed by atoms with Crippen LogP contribution in [0.4, 0.5) is 0 Å². The molecule has 2 unspecified atom stereocenters. The van der Waals surface area contributed by atoms with Crippen molar-refractivity contribution in [3.05, 3.63) is 0 Å². The van der Waals surface area contributed by atoms with Crippen LogP contribution in [0.5, 0.6) is 0 Å². The van der Waals surface area contributed by atoms with Crippen LogP contribution in [0.3, 0.4) is 0 Å². The van der Waals surface area contributed by atoms with Gasteiger partial charge in [-0.15, -0.1) is 0 Å². The Balaban J connectivity index is -0.000000720. The molecule has 0 saturated carbocycles. The molecule has 0 saturated heterocycles. The van der Waals surface area contributed by atoms with Crippen LogP contribution in [-0.4, -0.2) is 33.7 Å². The van der Waals surface area contributed by atoms with Crippen molar-refractivity contribution in [2.75, 3.05) is 0 Å². The number of carboxylic acid groups (broad SMARTS) is 2. The van der Waals surface area contributed by atoms with E-state index in [0.29, 0.717) is 6.42 Å². The minimum atomic E-state index is -1.86. The third kappa shape index (κ3) is 7.75. The number of carbonyl (C=O) groups is 2. The molecular weight excluding hydrogens is 215 g/mol. The Morgan fingerprint density at radius 3 is 2.13 bits per heavy atom. The fourth-order valence-electron chi connectivity index (χ4n) is 1.00. The Morgan fingerprint density at radius 2 is 1.87 bits per heavy atom. The van der Waals surface area contributed by atoms with Gasteiger partial charge in [-0.3, -0.25) is 0 Å². The maximum Gasteiger partial charge on any atom is 1.00 e. The minimum absolute atomic E-state index is 0. The summed E-state index contributed by atoms with van der Waals surface area (Å²) in [7, 11) is 0. The predicted molar refractivity (Wildman–Crippen MR) is 45.3 cm³/mol. The van der Waals surface area contributed by atoms with E-state index in [0.717, 1.165) is 6.42 Å². The Labute approximate surface area is 110 Å². The first-order valence-electron chi connectivity index (χ1n) is 4.12. The number of rotatable bonds is 6. The van der Waals surface area contributed by atoms with Crippen LogP contribution in [0.25, 0.3) is 0 Å². The number of aliphatic carboxylic acids is 2. The fourth-order valence-corrected chi connectivity index (χ4v) is 1.00. The van der Waals surface area contributed by atoms with Gasteiger partial charge < -0.3 is 25.6 Å². The van der Waals surface area contributed by atoms with Gasteiger partial charge in [-0.1, -0.05) is 19.8 Å². The minimum Gasteiger partial charge on any atom is -0.550 e. The smallest absolute Gasteiger partial charge is 0.550 e. The second-order valence-corrected chi connectivity index (χ2v) is 2.85. The molecule has 4 N–H and O–H groups in total. The maximum atomic E-state index is 10.4. The molecule has 0 aliphatic heterocycles. The molecular formula is C8H15NaO6. The zero-order chi connectivity index (χ0) is 10.4. The molecule has 0 aliphatic carbocycles. The summed E-state index contributed by atoms with van der Waals surface area (Å²) in [5, 5.41) is 27.7. The molecule has 6 nitrogen and oxygen atoms in total. The number of aliphatic hydroxyl groups is 1. The number of aliphatic hydroxyl groups excluding tert-OH is 1. The van der Waals surface area contributed by atoms with E-state index in [4.69, 9.17) is 10.2 Å². The molecule has 0 spiro atoms. The van der Waals surface area contributed by atoms with Crippen LogP contribution in [0.2, 0.25) is 0 Å². The summed E-state index contributed by atoms with van der Waals surface area (Å²) in [6.45, 7) is 1.85. The molecule has 0 aromatic carbocycles. The quantitative estimate of drug-likeness (QED) is 0.442. The number of carboxylic acids is 2. The first-order valence-corrected chi connectivity index (χ1v) is 4.12. The SMILES string of the molecule is CCCCC(C(=O)[O-])C(O)C(=O)O.O.[Na+]. The van der Waals surface area contributed by atoms with Crippen molar-refractivity contribution in [2.45, 2.75) is 32.3 Å². The van der Waals surface area contributed by atoms with E-state index in [2.05, 4.69) is 0 Å². The van der Waals surface area contributed by atoms with Gasteiger partial charge in [-0.2, -0.15) is 0 Å². The molecule has 0 aromatic heterocycles. The van der Waals surface area contributed by atoms with Crippen molar-refractivity contribution in [1.82, 2.24) is 0 Å². The number of unbranched alkanes of at least 4 members (excludes halogenated alkanes) is 1. The number of hydrogen-bond donors (Lipinski definition) is 2. The van der Waals surface area contributed by atoms with E-state index in [-0.39, 0.29) is 41.5 Å². The van der Waals surface area contributed by atoms with Gasteiger partial charge in [0, 0.05) is 11.9 Å². The van der Waals surface area contributed by atoms with Crippen molar-refractivity contribution in [3.63, 3.8) is 0 Å². The van der Waals surface area contributed by atoms with Crippen molar-refractivity contribution in [3.8, 4) is 0 Å². The van der Waals surface area contributed by atoms with Gasteiger partial charge in [-0.25, -0.2) is 4.79 Å². The maximum absolute atomic E-state index is 10.4. The van der Waals surface area contributed by atoms with Crippen LogP contribution >= 0.6 is 0 Å². The summed E-state index contributed by atoms with van der Waals surface area (Å²) in [6.07, 6.45) is -0.428. The molecule has 15 heavy (non-hydrogen) atoms. The topological polar surface area (TPSA) is 129 Å². The second kappa shape index (κ2) is 10.4. The molecule has 7 heteroatoms. The van der Waals surface area contributed by atoms with E-state index >= 15 is 0 Å². The monoisotopic (exact) mass is 230 g/mol. The first kappa shape index (κ1) is 20.3. The van der Waals surface area contributed by atoms with E-state index in [1.54, 1.807) is 0 Å². The predicted octanol–water partition coefficient (Wildman–Crippen LogP) is -4.83. The van der Waals surface area contributed by atoms with Crippen LogP contribution in [0.1, 0.15) is 26.2 Å². The fraction of sp³-hybridized carbons (Fsp3) is 0.750. The first-order chi connectivity index (χ1) is 6.00. The largest absolute Gasteiger partial charge is 1.00 e. The Bertz CT molecular complexity index is 196. The summed E-state index contributed by atoms with van der Waals surface area (Å²) in [4.78, 5) is 20.7. The zero-order valence-electron chi connectivity index (χ0n) is 8.90. The summed E-state index contributed by atoms with van der Waals surface area (Å²) in [5.74, 6) is -4.34. The second-order valence-electron chi connectivity index (χ2n) is 2.85. The van der Waals surface area contributed by atoms with Gasteiger partial charge in [0.25, 0.3) is 0 Å². The van der Waals surface area contributed by atoms with E-state index in [9.17, 15) is 14.7 Å². The molecule has 0 radical (unpaired) electrons. The zero-order valence-corrected chi connectivity index (χ0v) is 10.9. The average Bonchev–Trinajstić information content (AvgIpc) is 2.04. The molecule has 0 heterocycles. The molecule has 84 valence electrons. The van der Waals surface area contributed by atoms with Gasteiger partial charge >= 0.3 is 35.5 Å². The van der Waals surface area contributed by atoms with Crippen molar-refractivity contribution in [1.29, 1.82) is 0 Å². The van der Waals surface area contributed by atoms with Gasteiger partial charge in [0.15, 0.2) is 6.10 Å².